The van der Waals surface area contributed by atoms with Crippen molar-refractivity contribution in [2.75, 3.05) is 33.4 Å². The van der Waals surface area contributed by atoms with Crippen LogP contribution in [0.5, 0.6) is 11.5 Å². The topological polar surface area (TPSA) is 90.6 Å². The highest BCUT2D eigenvalue weighted by molar-refractivity contribution is 5.94. The minimum absolute atomic E-state index is 0.340. The largest absolute Gasteiger partial charge is 0.493 e. The van der Waals surface area contributed by atoms with Crippen molar-refractivity contribution in [1.29, 1.82) is 0 Å². The zero-order valence-corrected chi connectivity index (χ0v) is 22.7. The van der Waals surface area contributed by atoms with Crippen LogP contribution in [0.25, 0.3) is 22.2 Å². The number of rotatable bonds is 10. The Morgan fingerprint density at radius 1 is 1.03 bits per heavy atom. The van der Waals surface area contributed by atoms with Crippen LogP contribution in [-0.4, -0.2) is 54.1 Å². The SMILES string of the molecule is CCN1CCC(COc2cc3ncnc(-c4ccc(C(Cc5ccccc5)C(N)=O)cc4)c3cc2OC)CC1. The van der Waals surface area contributed by atoms with Crippen molar-refractivity contribution in [1.82, 2.24) is 14.9 Å². The lowest BCUT2D eigenvalue weighted by atomic mass is 9.90. The summed E-state index contributed by atoms with van der Waals surface area (Å²) in [6.45, 7) is 6.24. The lowest BCUT2D eigenvalue weighted by Gasteiger charge is -2.30. The standard InChI is InChI=1S/C32H36N4O3/c1-3-36-15-13-23(14-16-36)20-39-30-19-28-27(18-29(30)38-2)31(35-21-34-28)25-11-9-24(10-12-25)26(32(33)37)17-22-7-5-4-6-8-22/h4-12,18-19,21,23,26H,3,13-17,20H2,1-2H3,(H2,33,37). The number of nitrogens with two attached hydrogens (primary N) is 1. The van der Waals surface area contributed by atoms with Gasteiger partial charge >= 0.3 is 0 Å². The van der Waals surface area contributed by atoms with Gasteiger partial charge in [-0.25, -0.2) is 9.97 Å². The number of ether oxygens (including phenoxy) is 2. The van der Waals surface area contributed by atoms with E-state index < -0.39 is 5.92 Å². The second-order valence-corrected chi connectivity index (χ2v) is 10.2. The maximum Gasteiger partial charge on any atom is 0.225 e. The van der Waals surface area contributed by atoms with Crippen LogP contribution in [0.4, 0.5) is 0 Å². The summed E-state index contributed by atoms with van der Waals surface area (Å²) in [6, 6.07) is 21.7. The van der Waals surface area contributed by atoms with E-state index in [0.29, 0.717) is 30.4 Å². The van der Waals surface area contributed by atoms with Crippen LogP contribution in [0.15, 0.2) is 73.1 Å². The fourth-order valence-electron chi connectivity index (χ4n) is 5.35. The van der Waals surface area contributed by atoms with Gasteiger partial charge in [0.2, 0.25) is 5.91 Å². The quantitative estimate of drug-likeness (QED) is 0.306. The fourth-order valence-corrected chi connectivity index (χ4v) is 5.35. The first-order valence-electron chi connectivity index (χ1n) is 13.7. The Kier molecular flexibility index (Phi) is 8.37. The van der Waals surface area contributed by atoms with Gasteiger partial charge < -0.3 is 20.1 Å². The number of piperidine rings is 1. The molecule has 0 aliphatic carbocycles. The van der Waals surface area contributed by atoms with Crippen LogP contribution in [0.1, 0.15) is 36.8 Å². The predicted molar refractivity (Wildman–Crippen MR) is 154 cm³/mol. The normalized spacial score (nSPS) is 15.2. The zero-order valence-electron chi connectivity index (χ0n) is 22.7. The Labute approximate surface area is 230 Å². The molecule has 1 atom stereocenters. The molecule has 0 radical (unpaired) electrons. The second kappa shape index (κ2) is 12.3. The maximum atomic E-state index is 12.3. The molecule has 1 saturated heterocycles. The highest BCUT2D eigenvalue weighted by Crippen LogP contribution is 2.36. The summed E-state index contributed by atoms with van der Waals surface area (Å²) in [7, 11) is 1.66. The van der Waals surface area contributed by atoms with Crippen LogP contribution in [0.2, 0.25) is 0 Å². The molecule has 202 valence electrons. The number of amides is 1. The second-order valence-electron chi connectivity index (χ2n) is 10.2. The number of benzene rings is 3. The zero-order chi connectivity index (χ0) is 27.2. The molecule has 7 nitrogen and oxygen atoms in total. The van der Waals surface area contributed by atoms with Gasteiger partial charge in [0.25, 0.3) is 0 Å². The highest BCUT2D eigenvalue weighted by Gasteiger charge is 2.21. The summed E-state index contributed by atoms with van der Waals surface area (Å²) in [4.78, 5) is 23.9. The molecule has 0 bridgehead atoms. The van der Waals surface area contributed by atoms with E-state index in [0.717, 1.165) is 65.8 Å². The minimum Gasteiger partial charge on any atom is -0.493 e. The molecule has 2 N–H and O–H groups in total. The van der Waals surface area contributed by atoms with Gasteiger partial charge in [-0.2, -0.15) is 0 Å². The van der Waals surface area contributed by atoms with E-state index in [-0.39, 0.29) is 5.91 Å². The molecule has 3 aromatic carbocycles. The van der Waals surface area contributed by atoms with Crippen molar-refractivity contribution in [3.8, 4) is 22.8 Å². The number of aromatic nitrogens is 2. The van der Waals surface area contributed by atoms with Gasteiger partial charge in [-0.1, -0.05) is 61.5 Å². The Balaban J connectivity index is 1.37. The monoisotopic (exact) mass is 524 g/mol. The first-order chi connectivity index (χ1) is 19.1. The van der Waals surface area contributed by atoms with E-state index in [9.17, 15) is 4.79 Å². The van der Waals surface area contributed by atoms with Gasteiger partial charge in [-0.15, -0.1) is 0 Å². The number of hydrogen-bond donors (Lipinski definition) is 1. The third-order valence-corrected chi connectivity index (χ3v) is 7.76. The van der Waals surface area contributed by atoms with Crippen LogP contribution in [0.3, 0.4) is 0 Å². The molecule has 1 aliphatic heterocycles. The van der Waals surface area contributed by atoms with E-state index in [1.807, 2.05) is 66.7 Å². The molecule has 4 aromatic rings. The van der Waals surface area contributed by atoms with Crippen LogP contribution >= 0.6 is 0 Å². The Bertz CT molecular complexity index is 1400. The summed E-state index contributed by atoms with van der Waals surface area (Å²) in [5.74, 6) is 1.16. The van der Waals surface area contributed by atoms with Crippen molar-refractivity contribution in [2.24, 2.45) is 11.7 Å². The number of nitrogens with zero attached hydrogens (tertiary/aromatic N) is 3. The minimum atomic E-state index is -0.405. The van der Waals surface area contributed by atoms with Gasteiger partial charge in [0.05, 0.1) is 30.8 Å². The van der Waals surface area contributed by atoms with Crippen molar-refractivity contribution >= 4 is 16.8 Å². The molecule has 1 aromatic heterocycles. The number of methoxy groups -OCH3 is 1. The number of fused-ring (bicyclic) bond motifs is 1. The molecule has 0 saturated carbocycles. The summed E-state index contributed by atoms with van der Waals surface area (Å²) < 4.78 is 12.0. The van der Waals surface area contributed by atoms with Crippen molar-refractivity contribution in [3.63, 3.8) is 0 Å². The van der Waals surface area contributed by atoms with E-state index >= 15 is 0 Å². The van der Waals surface area contributed by atoms with E-state index in [4.69, 9.17) is 15.2 Å². The molecule has 1 fully saturated rings. The fraction of sp³-hybridized carbons (Fsp3) is 0.344. The van der Waals surface area contributed by atoms with Crippen molar-refractivity contribution in [2.45, 2.75) is 32.1 Å². The smallest absolute Gasteiger partial charge is 0.225 e. The molecule has 0 spiro atoms. The number of hydrogen-bond acceptors (Lipinski definition) is 6. The lowest BCUT2D eigenvalue weighted by Crippen LogP contribution is -2.35. The average molecular weight is 525 g/mol. The van der Waals surface area contributed by atoms with Gasteiger partial charge in [-0.05, 0) is 62.0 Å². The first-order valence-corrected chi connectivity index (χ1v) is 13.7. The Morgan fingerprint density at radius 3 is 2.44 bits per heavy atom. The number of carbonyl (C=O) groups excluding carboxylic acids is 1. The van der Waals surface area contributed by atoms with Gasteiger partial charge in [0.15, 0.2) is 11.5 Å². The first kappa shape index (κ1) is 26.6. The molecule has 5 rings (SSSR count). The Hall–Kier alpha value is -3.97. The average Bonchev–Trinajstić information content (AvgIpc) is 2.98. The van der Waals surface area contributed by atoms with E-state index in [1.165, 1.54) is 0 Å². The summed E-state index contributed by atoms with van der Waals surface area (Å²) in [5.41, 5.74) is 10.2. The summed E-state index contributed by atoms with van der Waals surface area (Å²) in [5, 5.41) is 0.876. The molecular formula is C32H36N4O3. The third-order valence-electron chi connectivity index (χ3n) is 7.76. The van der Waals surface area contributed by atoms with Gasteiger partial charge in [-0.3, -0.25) is 4.79 Å². The lowest BCUT2D eigenvalue weighted by molar-refractivity contribution is -0.119. The molecule has 39 heavy (non-hydrogen) atoms. The third kappa shape index (κ3) is 6.20. The van der Waals surface area contributed by atoms with Crippen LogP contribution in [-0.2, 0) is 11.2 Å². The highest BCUT2D eigenvalue weighted by atomic mass is 16.5. The van der Waals surface area contributed by atoms with E-state index in [1.54, 1.807) is 13.4 Å². The molecule has 2 heterocycles. The molecule has 1 aliphatic rings. The maximum absolute atomic E-state index is 12.3. The number of primary amides is 1. The molecular weight excluding hydrogens is 488 g/mol. The molecule has 1 amide bonds. The number of likely N-dealkylation sites (tertiary alicyclic amines) is 1. The summed E-state index contributed by atoms with van der Waals surface area (Å²) >= 11 is 0. The van der Waals surface area contributed by atoms with Crippen LogP contribution in [0, 0.1) is 5.92 Å². The molecule has 1 unspecified atom stereocenters. The van der Waals surface area contributed by atoms with Crippen molar-refractivity contribution < 1.29 is 14.3 Å². The Morgan fingerprint density at radius 2 is 1.77 bits per heavy atom. The van der Waals surface area contributed by atoms with Gasteiger partial charge in [0, 0.05) is 17.0 Å². The summed E-state index contributed by atoms with van der Waals surface area (Å²) in [6.07, 6.45) is 4.43. The van der Waals surface area contributed by atoms with Crippen LogP contribution < -0.4 is 15.2 Å². The van der Waals surface area contributed by atoms with E-state index in [2.05, 4.69) is 21.8 Å². The molecule has 7 heteroatoms. The number of carbonyl (C=O) groups is 1. The predicted octanol–water partition coefficient (Wildman–Crippen LogP) is 5.23. The van der Waals surface area contributed by atoms with Crippen molar-refractivity contribution in [3.05, 3.63) is 84.2 Å². The van der Waals surface area contributed by atoms with Gasteiger partial charge in [0.1, 0.15) is 6.33 Å².